The van der Waals surface area contributed by atoms with E-state index < -0.39 is 9.70 Å². The van der Waals surface area contributed by atoms with Crippen molar-refractivity contribution in [2.75, 3.05) is 6.61 Å². The van der Waals surface area contributed by atoms with Gasteiger partial charge in [-0.2, -0.15) is 0 Å². The molecule has 0 saturated heterocycles. The van der Waals surface area contributed by atoms with Crippen LogP contribution in [0.5, 0.6) is 0 Å². The van der Waals surface area contributed by atoms with Gasteiger partial charge in [-0.15, -0.1) is 0 Å². The average Bonchev–Trinajstić information content (AvgIpc) is 2.74. The normalized spacial score (nSPS) is 17.0. The van der Waals surface area contributed by atoms with Crippen LogP contribution >= 0.6 is 34.8 Å². The predicted octanol–water partition coefficient (Wildman–Crippen LogP) is 5.86. The number of aliphatic hydroxyl groups excluding tert-OH is 1. The van der Waals surface area contributed by atoms with Crippen molar-refractivity contribution in [3.63, 3.8) is 0 Å². The molecule has 0 heterocycles. The van der Waals surface area contributed by atoms with E-state index in [4.69, 9.17) is 39.6 Å². The second-order valence-corrected chi connectivity index (χ2v) is 10.8. The SMILES string of the molecule is CCON=C(CC)C1=C(O)CC(c2c(C)c(CNC(=O)C(Cl)(Cl)Cl)c(C)c(C(C)=O)c2C)CC1=O. The summed E-state index contributed by atoms with van der Waals surface area (Å²) in [6.07, 6.45) is 0.765. The summed E-state index contributed by atoms with van der Waals surface area (Å²) in [5.41, 5.74) is 4.87. The average molecular weight is 546 g/mol. The molecule has 0 aliphatic heterocycles. The lowest BCUT2D eigenvalue weighted by Gasteiger charge is -2.30. The molecule has 7 nitrogen and oxygen atoms in total. The molecule has 1 amide bonds. The van der Waals surface area contributed by atoms with E-state index in [0.29, 0.717) is 35.4 Å². The Morgan fingerprint density at radius 2 is 1.74 bits per heavy atom. The van der Waals surface area contributed by atoms with E-state index in [9.17, 15) is 19.5 Å². The second kappa shape index (κ2) is 11.8. The number of aliphatic hydroxyl groups is 1. The topological polar surface area (TPSA) is 105 Å². The number of carbonyl (C=O) groups is 3. The number of oxime groups is 1. The Morgan fingerprint density at radius 1 is 1.11 bits per heavy atom. The van der Waals surface area contributed by atoms with E-state index in [1.54, 1.807) is 13.8 Å². The minimum atomic E-state index is -2.12. The number of hydrogen-bond donors (Lipinski definition) is 2. The molecule has 1 aliphatic rings. The summed E-state index contributed by atoms with van der Waals surface area (Å²) in [6.45, 7) is 11.0. The van der Waals surface area contributed by atoms with Crippen LogP contribution in [0.25, 0.3) is 0 Å². The summed E-state index contributed by atoms with van der Waals surface area (Å²) in [4.78, 5) is 43.0. The first kappa shape index (κ1) is 29.1. The van der Waals surface area contributed by atoms with E-state index in [0.717, 1.165) is 16.7 Å². The number of nitrogens with zero attached hydrogens (tertiary/aromatic N) is 1. The van der Waals surface area contributed by atoms with Crippen molar-refractivity contribution in [1.82, 2.24) is 5.32 Å². The van der Waals surface area contributed by atoms with Crippen molar-refractivity contribution in [2.45, 2.75) is 77.1 Å². The third kappa shape index (κ3) is 6.38. The molecule has 1 aliphatic carbocycles. The van der Waals surface area contributed by atoms with Gasteiger partial charge < -0.3 is 15.3 Å². The number of benzene rings is 1. The predicted molar refractivity (Wildman–Crippen MR) is 139 cm³/mol. The molecule has 0 saturated carbocycles. The number of carbonyl (C=O) groups excluding carboxylic acids is 3. The fourth-order valence-corrected chi connectivity index (χ4v) is 5.02. The maximum absolute atomic E-state index is 13.1. The number of halogens is 3. The highest BCUT2D eigenvalue weighted by molar-refractivity contribution is 6.76. The monoisotopic (exact) mass is 544 g/mol. The van der Waals surface area contributed by atoms with E-state index >= 15 is 0 Å². The molecule has 192 valence electrons. The Balaban J connectivity index is 2.60. The fraction of sp³-hybridized carbons (Fsp3) is 0.520. The summed E-state index contributed by atoms with van der Waals surface area (Å²) in [7, 11) is 0. The Kier molecular flexibility index (Phi) is 9.79. The molecular weight excluding hydrogens is 515 g/mol. The molecule has 1 unspecified atom stereocenters. The lowest BCUT2D eigenvalue weighted by molar-refractivity contribution is -0.120. The molecule has 1 aromatic rings. The first-order valence-corrected chi connectivity index (χ1v) is 12.5. The van der Waals surface area contributed by atoms with Crippen LogP contribution < -0.4 is 5.32 Å². The van der Waals surface area contributed by atoms with Crippen molar-refractivity contribution in [2.24, 2.45) is 5.16 Å². The van der Waals surface area contributed by atoms with Crippen LogP contribution in [0.1, 0.15) is 84.1 Å². The number of alkyl halides is 3. The number of allylic oxidation sites excluding steroid dienone is 2. The number of Topliss-reactive ketones (excluding diaryl/α,β-unsaturated/α-hetero) is 2. The fourth-order valence-electron chi connectivity index (χ4n) is 4.82. The van der Waals surface area contributed by atoms with Gasteiger partial charge in [0.2, 0.25) is 0 Å². The van der Waals surface area contributed by atoms with Gasteiger partial charge in [-0.05, 0) is 74.8 Å². The molecule has 0 fully saturated rings. The summed E-state index contributed by atoms with van der Waals surface area (Å²) < 4.78 is -2.12. The standard InChI is InChI=1S/C25H31Cl3N2O5/c1-7-18(30-35-8-2)23-19(32)9-16(10-20(23)33)22-13(4)17(11-29-24(34)25(26,27)28)12(3)21(14(22)5)15(6)31/h16,32H,7-11H2,1-6H3,(H,29,34). The Morgan fingerprint density at radius 3 is 2.23 bits per heavy atom. The lowest BCUT2D eigenvalue weighted by Crippen LogP contribution is -2.34. The molecule has 0 radical (unpaired) electrons. The van der Waals surface area contributed by atoms with Crippen LogP contribution in [0, 0.1) is 20.8 Å². The Bertz CT molecular complexity index is 1100. The molecule has 0 spiro atoms. The van der Waals surface area contributed by atoms with Crippen LogP contribution in [-0.2, 0) is 21.0 Å². The molecular formula is C25H31Cl3N2O5. The van der Waals surface area contributed by atoms with Crippen LogP contribution in [0.3, 0.4) is 0 Å². The molecule has 2 N–H and O–H groups in total. The summed E-state index contributed by atoms with van der Waals surface area (Å²) in [6, 6.07) is 0. The maximum atomic E-state index is 13.1. The van der Waals surface area contributed by atoms with Gasteiger partial charge in [-0.3, -0.25) is 14.4 Å². The van der Waals surface area contributed by atoms with Crippen LogP contribution in [0.15, 0.2) is 16.5 Å². The molecule has 1 atom stereocenters. The van der Waals surface area contributed by atoms with E-state index in [1.165, 1.54) is 6.92 Å². The quantitative estimate of drug-likeness (QED) is 0.184. The van der Waals surface area contributed by atoms with Crippen LogP contribution in [0.2, 0.25) is 0 Å². The molecule has 35 heavy (non-hydrogen) atoms. The van der Waals surface area contributed by atoms with Crippen molar-refractivity contribution >= 4 is 58.0 Å². The molecule has 10 heteroatoms. The minimum absolute atomic E-state index is 0.0344. The number of ketones is 2. The first-order chi connectivity index (χ1) is 16.3. The highest BCUT2D eigenvalue weighted by atomic mass is 35.6. The van der Waals surface area contributed by atoms with Gasteiger partial charge >= 0.3 is 0 Å². The smallest absolute Gasteiger partial charge is 0.272 e. The molecule has 2 rings (SSSR count). The highest BCUT2D eigenvalue weighted by Crippen LogP contribution is 2.41. The highest BCUT2D eigenvalue weighted by Gasteiger charge is 2.35. The maximum Gasteiger partial charge on any atom is 0.272 e. The Labute approximate surface area is 220 Å². The van der Waals surface area contributed by atoms with Crippen LogP contribution in [-0.4, -0.2) is 38.7 Å². The largest absolute Gasteiger partial charge is 0.511 e. The zero-order valence-electron chi connectivity index (χ0n) is 20.8. The summed E-state index contributed by atoms with van der Waals surface area (Å²) in [5, 5.41) is 17.5. The molecule has 1 aromatic carbocycles. The van der Waals surface area contributed by atoms with E-state index in [-0.39, 0.29) is 48.2 Å². The minimum Gasteiger partial charge on any atom is -0.511 e. The van der Waals surface area contributed by atoms with Gasteiger partial charge in [0.05, 0.1) is 11.3 Å². The third-order valence-electron chi connectivity index (χ3n) is 6.27. The van der Waals surface area contributed by atoms with Crippen molar-refractivity contribution in [3.05, 3.63) is 44.7 Å². The summed E-state index contributed by atoms with van der Waals surface area (Å²) >= 11 is 17.0. The number of rotatable bonds is 8. The molecule has 0 aromatic heterocycles. The van der Waals surface area contributed by atoms with Gasteiger partial charge in [0.25, 0.3) is 9.70 Å². The van der Waals surface area contributed by atoms with E-state index in [1.807, 2.05) is 20.8 Å². The van der Waals surface area contributed by atoms with Crippen molar-refractivity contribution < 1.29 is 24.3 Å². The Hall–Kier alpha value is -2.09. The number of amides is 1. The first-order valence-electron chi connectivity index (χ1n) is 11.4. The van der Waals surface area contributed by atoms with Crippen LogP contribution in [0.4, 0.5) is 0 Å². The zero-order chi connectivity index (χ0) is 26.7. The zero-order valence-corrected chi connectivity index (χ0v) is 23.0. The molecule has 0 bridgehead atoms. The summed E-state index contributed by atoms with van der Waals surface area (Å²) in [5.74, 6) is -1.59. The third-order valence-corrected chi connectivity index (χ3v) is 6.79. The van der Waals surface area contributed by atoms with E-state index in [2.05, 4.69) is 10.5 Å². The number of hydrogen-bond acceptors (Lipinski definition) is 6. The van der Waals surface area contributed by atoms with Gasteiger partial charge in [0.1, 0.15) is 12.4 Å². The van der Waals surface area contributed by atoms with Gasteiger partial charge in [-0.1, -0.05) is 46.9 Å². The van der Waals surface area contributed by atoms with Crippen molar-refractivity contribution in [3.8, 4) is 0 Å². The number of nitrogens with one attached hydrogen (secondary N) is 1. The van der Waals surface area contributed by atoms with Crippen molar-refractivity contribution in [1.29, 1.82) is 0 Å². The lowest BCUT2D eigenvalue weighted by atomic mass is 9.75. The van der Waals surface area contributed by atoms with Gasteiger partial charge in [0, 0.05) is 24.9 Å². The van der Waals surface area contributed by atoms with Gasteiger partial charge in [-0.25, -0.2) is 0 Å². The van der Waals surface area contributed by atoms with Gasteiger partial charge in [0.15, 0.2) is 11.6 Å². The second-order valence-electron chi connectivity index (χ2n) is 8.54.